The van der Waals surface area contributed by atoms with E-state index in [2.05, 4.69) is 51.5 Å². The van der Waals surface area contributed by atoms with Crippen molar-refractivity contribution in [3.63, 3.8) is 0 Å². The van der Waals surface area contributed by atoms with Crippen LogP contribution in [0.4, 0.5) is 0 Å². The Morgan fingerprint density at radius 1 is 1.05 bits per heavy atom. The predicted molar refractivity (Wildman–Crippen MR) is 146 cm³/mol. The van der Waals surface area contributed by atoms with Crippen molar-refractivity contribution in [2.45, 2.75) is 57.9 Å². The number of fused-ring (bicyclic) bond motifs is 2. The zero-order valence-electron chi connectivity index (χ0n) is 21.5. The lowest BCUT2D eigenvalue weighted by Gasteiger charge is -2.22. The number of Topliss-reactive ketones (excluding diaryl/α,β-unsaturated/α-hetero) is 2. The molecule has 5 nitrogen and oxygen atoms in total. The summed E-state index contributed by atoms with van der Waals surface area (Å²) < 4.78 is 2.13. The number of aromatic nitrogens is 2. The van der Waals surface area contributed by atoms with Gasteiger partial charge in [-0.15, -0.1) is 0 Å². The van der Waals surface area contributed by atoms with Crippen molar-refractivity contribution in [1.29, 1.82) is 0 Å². The van der Waals surface area contributed by atoms with Crippen LogP contribution in [0.1, 0.15) is 76.4 Å². The molecule has 0 saturated carbocycles. The van der Waals surface area contributed by atoms with Gasteiger partial charge in [0.15, 0.2) is 11.6 Å². The predicted octanol–water partition coefficient (Wildman–Crippen LogP) is 6.17. The largest absolute Gasteiger partial charge is 0.301 e. The van der Waals surface area contributed by atoms with E-state index in [1.165, 1.54) is 19.4 Å². The van der Waals surface area contributed by atoms with Crippen molar-refractivity contribution in [1.82, 2.24) is 14.3 Å². The minimum absolute atomic E-state index is 0.241. The fourth-order valence-corrected chi connectivity index (χ4v) is 6.17. The van der Waals surface area contributed by atoms with E-state index in [-0.39, 0.29) is 11.6 Å². The van der Waals surface area contributed by atoms with Gasteiger partial charge in [-0.3, -0.25) is 14.0 Å². The van der Waals surface area contributed by atoms with Crippen LogP contribution in [0.5, 0.6) is 0 Å². The number of aryl methyl sites for hydroxylation is 1. The van der Waals surface area contributed by atoms with Crippen LogP contribution in [0.15, 0.2) is 67.0 Å². The first-order valence-corrected chi connectivity index (χ1v) is 13.6. The first-order valence-electron chi connectivity index (χ1n) is 13.6. The summed E-state index contributed by atoms with van der Waals surface area (Å²) in [5, 5.41) is 0. The van der Waals surface area contributed by atoms with Gasteiger partial charge in [-0.2, -0.15) is 0 Å². The van der Waals surface area contributed by atoms with E-state index >= 15 is 0 Å². The number of ketones is 2. The summed E-state index contributed by atoms with van der Waals surface area (Å²) in [6.45, 7) is 4.45. The number of hydrogen-bond donors (Lipinski definition) is 0. The topological polar surface area (TPSA) is 54.7 Å². The third kappa shape index (κ3) is 4.64. The third-order valence-electron chi connectivity index (χ3n) is 8.23. The molecule has 0 spiro atoms. The molecule has 1 unspecified atom stereocenters. The molecule has 2 aromatic heterocycles. The van der Waals surface area contributed by atoms with E-state index in [0.29, 0.717) is 18.9 Å². The van der Waals surface area contributed by atoms with Crippen LogP contribution in [0.25, 0.3) is 16.9 Å². The number of pyridine rings is 1. The number of rotatable bonds is 8. The Kier molecular flexibility index (Phi) is 6.47. The highest BCUT2D eigenvalue weighted by Crippen LogP contribution is 2.30. The van der Waals surface area contributed by atoms with E-state index < -0.39 is 0 Å². The number of benzene rings is 2. The minimum Gasteiger partial charge on any atom is -0.301 e. The van der Waals surface area contributed by atoms with Crippen LogP contribution in [0, 0.1) is 0 Å². The van der Waals surface area contributed by atoms with Gasteiger partial charge < -0.3 is 4.90 Å². The number of carbonyl (C=O) groups excluding carboxylic acids is 2. The Hall–Kier alpha value is -3.57. The molecule has 2 aliphatic rings. The van der Waals surface area contributed by atoms with Gasteiger partial charge in [0.1, 0.15) is 5.65 Å². The molecule has 1 aliphatic carbocycles. The maximum atomic E-state index is 12.8. The van der Waals surface area contributed by atoms with Gasteiger partial charge in [0, 0.05) is 48.8 Å². The molecule has 2 aromatic carbocycles. The Morgan fingerprint density at radius 3 is 2.76 bits per heavy atom. The van der Waals surface area contributed by atoms with Crippen molar-refractivity contribution >= 4 is 17.2 Å². The van der Waals surface area contributed by atoms with Crippen molar-refractivity contribution in [2.75, 3.05) is 13.1 Å². The number of hydrogen-bond acceptors (Lipinski definition) is 4. The van der Waals surface area contributed by atoms with Crippen molar-refractivity contribution in [2.24, 2.45) is 0 Å². The highest BCUT2D eigenvalue weighted by Gasteiger charge is 2.24. The number of nitrogens with zero attached hydrogens (tertiary/aromatic N) is 3. The van der Waals surface area contributed by atoms with Crippen LogP contribution in [-0.2, 0) is 12.8 Å². The van der Waals surface area contributed by atoms with Gasteiger partial charge in [0.05, 0.1) is 5.69 Å². The molecule has 4 aromatic rings. The SMILES string of the molecule is CCN1CCCC1CCC(=O)c1ccc(Cc2ccc(-c3ccc4c(c3)CCC4=O)n3ccnc23)cc1. The molecule has 0 amide bonds. The standard InChI is InChI=1S/C32H33N3O2/c1-2-34-18-3-4-27(34)12-16-30(36)23-7-5-22(6-8-23)20-26-10-14-29(35-19-17-33-32(26)35)25-9-13-28-24(21-25)11-15-31(28)37/h5-10,13-14,17,19,21,27H,2-4,11-12,15-16,18,20H2,1H3. The maximum Gasteiger partial charge on any atom is 0.163 e. The van der Waals surface area contributed by atoms with E-state index in [0.717, 1.165) is 70.5 Å². The molecule has 1 aliphatic heterocycles. The molecular formula is C32H33N3O2. The quantitative estimate of drug-likeness (QED) is 0.277. The van der Waals surface area contributed by atoms with Crippen LogP contribution >= 0.6 is 0 Å². The molecule has 37 heavy (non-hydrogen) atoms. The van der Waals surface area contributed by atoms with E-state index in [9.17, 15) is 9.59 Å². The number of carbonyl (C=O) groups is 2. The van der Waals surface area contributed by atoms with Gasteiger partial charge >= 0.3 is 0 Å². The van der Waals surface area contributed by atoms with Crippen LogP contribution in [0.3, 0.4) is 0 Å². The first-order chi connectivity index (χ1) is 18.1. The lowest BCUT2D eigenvalue weighted by atomic mass is 9.98. The second kappa shape index (κ2) is 10.1. The summed E-state index contributed by atoms with van der Waals surface area (Å²) in [5.41, 5.74) is 8.23. The second-order valence-corrected chi connectivity index (χ2v) is 10.4. The highest BCUT2D eigenvalue weighted by atomic mass is 16.1. The Bertz CT molecular complexity index is 1470. The fourth-order valence-electron chi connectivity index (χ4n) is 6.17. The van der Waals surface area contributed by atoms with Crippen molar-refractivity contribution in [3.05, 3.63) is 94.8 Å². The number of likely N-dealkylation sites (tertiary alicyclic amines) is 1. The average Bonchev–Trinajstić information content (AvgIpc) is 3.68. The van der Waals surface area contributed by atoms with Gasteiger partial charge in [-0.1, -0.05) is 49.4 Å². The molecule has 0 bridgehead atoms. The van der Waals surface area contributed by atoms with Crippen LogP contribution < -0.4 is 0 Å². The fraction of sp³-hybridized carbons (Fsp3) is 0.344. The van der Waals surface area contributed by atoms with Gasteiger partial charge in [0.25, 0.3) is 0 Å². The van der Waals surface area contributed by atoms with Crippen molar-refractivity contribution in [3.8, 4) is 11.3 Å². The van der Waals surface area contributed by atoms with Gasteiger partial charge in [-0.25, -0.2) is 4.98 Å². The van der Waals surface area contributed by atoms with Crippen molar-refractivity contribution < 1.29 is 9.59 Å². The van der Waals surface area contributed by atoms with E-state index in [1.807, 2.05) is 36.7 Å². The molecule has 0 N–H and O–H groups in total. The zero-order valence-corrected chi connectivity index (χ0v) is 21.5. The minimum atomic E-state index is 0.241. The maximum absolute atomic E-state index is 12.8. The van der Waals surface area contributed by atoms with E-state index in [1.54, 1.807) is 0 Å². The van der Waals surface area contributed by atoms with Gasteiger partial charge in [0.2, 0.25) is 0 Å². The molecule has 1 atom stereocenters. The molecule has 5 heteroatoms. The first kappa shape index (κ1) is 23.8. The molecule has 188 valence electrons. The molecule has 6 rings (SSSR count). The Balaban J connectivity index is 1.17. The molecule has 1 fully saturated rings. The summed E-state index contributed by atoms with van der Waals surface area (Å²) in [6, 6.07) is 19.1. The molecule has 3 heterocycles. The Morgan fingerprint density at radius 2 is 1.92 bits per heavy atom. The molecule has 1 saturated heterocycles. The zero-order chi connectivity index (χ0) is 25.4. The monoisotopic (exact) mass is 491 g/mol. The number of imidazole rings is 1. The van der Waals surface area contributed by atoms with E-state index in [4.69, 9.17) is 0 Å². The lowest BCUT2D eigenvalue weighted by Crippen LogP contribution is -2.29. The smallest absolute Gasteiger partial charge is 0.163 e. The summed E-state index contributed by atoms with van der Waals surface area (Å²) in [5.74, 6) is 0.486. The highest BCUT2D eigenvalue weighted by molar-refractivity contribution is 6.01. The summed E-state index contributed by atoms with van der Waals surface area (Å²) >= 11 is 0. The summed E-state index contributed by atoms with van der Waals surface area (Å²) in [4.78, 5) is 32.0. The van der Waals surface area contributed by atoms with Crippen LogP contribution in [0.2, 0.25) is 0 Å². The third-order valence-corrected chi connectivity index (χ3v) is 8.23. The summed E-state index contributed by atoms with van der Waals surface area (Å²) in [7, 11) is 0. The van der Waals surface area contributed by atoms with Crippen LogP contribution in [-0.4, -0.2) is 45.0 Å². The lowest BCUT2D eigenvalue weighted by molar-refractivity contribution is 0.0965. The normalized spacial score (nSPS) is 17.5. The second-order valence-electron chi connectivity index (χ2n) is 10.4. The van der Waals surface area contributed by atoms with Gasteiger partial charge in [-0.05, 0) is 73.2 Å². The average molecular weight is 492 g/mol. The molecular weight excluding hydrogens is 458 g/mol. The Labute approximate surface area is 218 Å². The summed E-state index contributed by atoms with van der Waals surface area (Å²) in [6.07, 6.45) is 10.1. The molecule has 0 radical (unpaired) electrons.